The maximum Gasteiger partial charge on any atom is 0.243 e. The molecule has 2 atom stereocenters. The van der Waals surface area contributed by atoms with E-state index in [1.165, 1.54) is 19.2 Å². The molecule has 0 spiro atoms. The second-order valence-electron chi connectivity index (χ2n) is 5.89. The third-order valence-electron chi connectivity index (χ3n) is 4.38. The smallest absolute Gasteiger partial charge is 0.243 e. The molecular weight excluding hydrogens is 349 g/mol. The van der Waals surface area contributed by atoms with Gasteiger partial charge in [0.1, 0.15) is 6.04 Å². The third-order valence-corrected chi connectivity index (χ3v) is 6.25. The van der Waals surface area contributed by atoms with E-state index in [9.17, 15) is 17.6 Å². The van der Waals surface area contributed by atoms with Crippen LogP contribution in [-0.4, -0.2) is 62.4 Å². The van der Waals surface area contributed by atoms with Crippen molar-refractivity contribution in [2.75, 3.05) is 26.7 Å². The van der Waals surface area contributed by atoms with Crippen molar-refractivity contribution in [1.29, 1.82) is 0 Å². The molecule has 1 aliphatic heterocycles. The molecule has 0 unspecified atom stereocenters. The molecule has 1 aromatic rings. The fraction of sp³-hybridized carbons (Fsp3) is 0.562. The van der Waals surface area contributed by atoms with E-state index in [-0.39, 0.29) is 29.5 Å². The van der Waals surface area contributed by atoms with Crippen LogP contribution in [0.3, 0.4) is 0 Å². The molecule has 0 aliphatic carbocycles. The first-order valence-electron chi connectivity index (χ1n) is 8.16. The topological polar surface area (TPSA) is 92.9 Å². The van der Waals surface area contributed by atoms with Gasteiger partial charge < -0.3 is 15.4 Å². The van der Waals surface area contributed by atoms with Gasteiger partial charge in [-0.1, -0.05) is 0 Å². The zero-order valence-electron chi connectivity index (χ0n) is 14.6. The van der Waals surface area contributed by atoms with Crippen LogP contribution in [0.4, 0.5) is 4.39 Å². The Balaban J connectivity index is 2.39. The summed E-state index contributed by atoms with van der Waals surface area (Å²) in [5, 5.41) is 0. The van der Waals surface area contributed by atoms with E-state index >= 15 is 0 Å². The van der Waals surface area contributed by atoms with E-state index < -0.39 is 27.9 Å². The van der Waals surface area contributed by atoms with E-state index in [0.717, 1.165) is 10.4 Å². The number of nitrogens with zero attached hydrogens (tertiary/aromatic N) is 2. The zero-order valence-corrected chi connectivity index (χ0v) is 15.4. The van der Waals surface area contributed by atoms with Crippen LogP contribution in [0.15, 0.2) is 23.1 Å². The lowest BCUT2D eigenvalue weighted by Crippen LogP contribution is -2.47. The molecule has 1 saturated heterocycles. The zero-order chi connectivity index (χ0) is 18.8. The molecule has 1 aromatic carbocycles. The van der Waals surface area contributed by atoms with Crippen molar-refractivity contribution < 1.29 is 22.3 Å². The Morgan fingerprint density at radius 3 is 2.56 bits per heavy atom. The molecule has 25 heavy (non-hydrogen) atoms. The van der Waals surface area contributed by atoms with Gasteiger partial charge in [0.05, 0.1) is 12.0 Å². The van der Waals surface area contributed by atoms with Crippen molar-refractivity contribution in [1.82, 2.24) is 9.21 Å². The van der Waals surface area contributed by atoms with Gasteiger partial charge in [0.15, 0.2) is 11.6 Å². The lowest BCUT2D eigenvalue weighted by molar-refractivity contribution is -0.134. The molecule has 2 rings (SSSR count). The summed E-state index contributed by atoms with van der Waals surface area (Å²) in [5.41, 5.74) is 5.92. The molecule has 1 amide bonds. The number of likely N-dealkylation sites (N-methyl/N-ethyl adjacent to an activating group) is 1. The summed E-state index contributed by atoms with van der Waals surface area (Å²) in [6.07, 6.45) is 0.243. The van der Waals surface area contributed by atoms with Crippen LogP contribution in [0, 0.1) is 5.82 Å². The Labute approximate surface area is 147 Å². The summed E-state index contributed by atoms with van der Waals surface area (Å²) in [6, 6.07) is 2.10. The van der Waals surface area contributed by atoms with Crippen molar-refractivity contribution in [3.63, 3.8) is 0 Å². The minimum atomic E-state index is -4.05. The average molecular weight is 373 g/mol. The molecule has 9 heteroatoms. The Morgan fingerprint density at radius 1 is 1.40 bits per heavy atom. The number of hydrogen-bond donors (Lipinski definition) is 1. The summed E-state index contributed by atoms with van der Waals surface area (Å²) in [6.45, 7) is 4.63. The standard InChI is InChI=1S/C16H24FN3O4S/c1-4-19(5-2)16(21)14-8-11(18)10-20(14)25(22,23)12-6-7-15(24-3)13(17)9-12/h6-7,9,11,14H,4-5,8,10,18H2,1-3H3/t11-,14-/m0/s1. The van der Waals surface area contributed by atoms with Crippen molar-refractivity contribution >= 4 is 15.9 Å². The van der Waals surface area contributed by atoms with Gasteiger partial charge in [0.25, 0.3) is 0 Å². The minimum Gasteiger partial charge on any atom is -0.494 e. The van der Waals surface area contributed by atoms with E-state index in [2.05, 4.69) is 0 Å². The van der Waals surface area contributed by atoms with Gasteiger partial charge in [-0.2, -0.15) is 4.31 Å². The van der Waals surface area contributed by atoms with Gasteiger partial charge in [0.2, 0.25) is 15.9 Å². The summed E-state index contributed by atoms with van der Waals surface area (Å²) in [5.74, 6) is -1.11. The highest BCUT2D eigenvalue weighted by molar-refractivity contribution is 7.89. The molecule has 140 valence electrons. The van der Waals surface area contributed by atoms with E-state index in [4.69, 9.17) is 10.5 Å². The van der Waals surface area contributed by atoms with Gasteiger partial charge in [-0.15, -0.1) is 0 Å². The lowest BCUT2D eigenvalue weighted by atomic mass is 10.1. The van der Waals surface area contributed by atoms with Crippen LogP contribution in [0.2, 0.25) is 0 Å². The predicted molar refractivity (Wildman–Crippen MR) is 91.2 cm³/mol. The molecular formula is C16H24FN3O4S. The number of hydrogen-bond acceptors (Lipinski definition) is 5. The number of carbonyl (C=O) groups is 1. The quantitative estimate of drug-likeness (QED) is 0.796. The summed E-state index contributed by atoms with van der Waals surface area (Å²) < 4.78 is 45.7. The first kappa shape index (κ1) is 19.6. The largest absolute Gasteiger partial charge is 0.494 e. The van der Waals surface area contributed by atoms with E-state index in [1.54, 1.807) is 4.90 Å². The molecule has 1 fully saturated rings. The number of rotatable bonds is 6. The van der Waals surface area contributed by atoms with Crippen LogP contribution in [0.5, 0.6) is 5.75 Å². The maximum atomic E-state index is 13.9. The average Bonchev–Trinajstić information content (AvgIpc) is 2.98. The number of amides is 1. The number of ether oxygens (including phenoxy) is 1. The maximum absolute atomic E-state index is 13.9. The van der Waals surface area contributed by atoms with Crippen molar-refractivity contribution in [2.45, 2.75) is 37.2 Å². The summed E-state index contributed by atoms with van der Waals surface area (Å²) >= 11 is 0. The van der Waals surface area contributed by atoms with Crippen molar-refractivity contribution in [3.05, 3.63) is 24.0 Å². The Morgan fingerprint density at radius 2 is 2.04 bits per heavy atom. The molecule has 7 nitrogen and oxygen atoms in total. The number of halogens is 1. The molecule has 2 N–H and O–H groups in total. The van der Waals surface area contributed by atoms with Gasteiger partial charge in [0, 0.05) is 25.7 Å². The van der Waals surface area contributed by atoms with Crippen LogP contribution < -0.4 is 10.5 Å². The molecule has 1 heterocycles. The molecule has 0 aromatic heterocycles. The lowest BCUT2D eigenvalue weighted by Gasteiger charge is -2.28. The van der Waals surface area contributed by atoms with Gasteiger partial charge >= 0.3 is 0 Å². The normalized spacial score (nSPS) is 21.3. The number of benzene rings is 1. The number of sulfonamides is 1. The first-order valence-corrected chi connectivity index (χ1v) is 9.60. The summed E-state index contributed by atoms with van der Waals surface area (Å²) in [7, 11) is -2.76. The number of carbonyl (C=O) groups excluding carboxylic acids is 1. The van der Waals surface area contributed by atoms with Gasteiger partial charge in [-0.25, -0.2) is 12.8 Å². The molecule has 1 aliphatic rings. The second kappa shape index (κ2) is 7.67. The van der Waals surface area contributed by atoms with Crippen molar-refractivity contribution in [3.8, 4) is 5.75 Å². The summed E-state index contributed by atoms with van der Waals surface area (Å²) in [4.78, 5) is 14.0. The highest BCUT2D eigenvalue weighted by atomic mass is 32.2. The number of nitrogens with two attached hydrogens (primary N) is 1. The fourth-order valence-electron chi connectivity index (χ4n) is 3.02. The number of methoxy groups -OCH3 is 1. The molecule has 0 saturated carbocycles. The first-order chi connectivity index (χ1) is 11.8. The fourth-order valence-corrected chi connectivity index (χ4v) is 4.68. The van der Waals surface area contributed by atoms with E-state index in [1.807, 2.05) is 13.8 Å². The Kier molecular flexibility index (Phi) is 6.02. The van der Waals surface area contributed by atoms with Crippen LogP contribution in [0.1, 0.15) is 20.3 Å². The molecule has 0 radical (unpaired) electrons. The van der Waals surface area contributed by atoms with Gasteiger partial charge in [-0.05, 0) is 38.5 Å². The molecule has 0 bridgehead atoms. The minimum absolute atomic E-state index is 0.0215. The SMILES string of the molecule is CCN(CC)C(=O)[C@@H]1C[C@H](N)CN1S(=O)(=O)c1ccc(OC)c(F)c1. The van der Waals surface area contributed by atoms with Crippen LogP contribution in [0.25, 0.3) is 0 Å². The Hall–Kier alpha value is -1.71. The highest BCUT2D eigenvalue weighted by Gasteiger charge is 2.44. The van der Waals surface area contributed by atoms with Gasteiger partial charge in [-0.3, -0.25) is 4.79 Å². The monoisotopic (exact) mass is 373 g/mol. The van der Waals surface area contributed by atoms with E-state index in [0.29, 0.717) is 13.1 Å². The highest BCUT2D eigenvalue weighted by Crippen LogP contribution is 2.29. The third kappa shape index (κ3) is 3.78. The van der Waals surface area contributed by atoms with Crippen LogP contribution >= 0.6 is 0 Å². The second-order valence-corrected chi connectivity index (χ2v) is 7.78. The predicted octanol–water partition coefficient (Wildman–Crippen LogP) is 0.793. The van der Waals surface area contributed by atoms with Crippen LogP contribution in [-0.2, 0) is 14.8 Å². The van der Waals surface area contributed by atoms with Crippen molar-refractivity contribution in [2.24, 2.45) is 5.73 Å². The Bertz CT molecular complexity index is 737.